The van der Waals surface area contributed by atoms with Crippen molar-refractivity contribution in [2.24, 2.45) is 0 Å². The number of aromatic hydroxyl groups is 1. The molecule has 1 aromatic carbocycles. The van der Waals surface area contributed by atoms with Crippen LogP contribution in [0.2, 0.25) is 0 Å². The molecule has 0 spiro atoms. The molecule has 0 bridgehead atoms. The maximum absolute atomic E-state index is 9.50. The van der Waals surface area contributed by atoms with E-state index in [2.05, 4.69) is 15.9 Å². The minimum absolute atomic E-state index is 0.0167. The molecular weight excluding hydrogens is 267 g/mol. The number of benzene rings is 1. The minimum Gasteiger partial charge on any atom is -0.507 e. The highest BCUT2D eigenvalue weighted by atomic mass is 79.9. The molecule has 2 rings (SSSR count). The van der Waals surface area contributed by atoms with Crippen LogP contribution in [0.4, 0.5) is 0 Å². The Labute approximate surface area is 92.9 Å². The number of hydrogen-bond donors (Lipinski definition) is 3. The molecule has 0 unspecified atom stereocenters. The first-order valence-corrected chi connectivity index (χ1v) is 5.53. The van der Waals surface area contributed by atoms with Gasteiger partial charge in [-0.2, -0.15) is 0 Å². The molecular formula is C8H6BBrO3S. The zero-order chi connectivity index (χ0) is 10.3. The van der Waals surface area contributed by atoms with E-state index < -0.39 is 7.12 Å². The van der Waals surface area contributed by atoms with Gasteiger partial charge in [0.25, 0.3) is 0 Å². The van der Waals surface area contributed by atoms with Crippen molar-refractivity contribution in [2.75, 3.05) is 0 Å². The summed E-state index contributed by atoms with van der Waals surface area (Å²) >= 11 is 4.67. The van der Waals surface area contributed by atoms with E-state index in [-0.39, 0.29) is 5.75 Å². The largest absolute Gasteiger partial charge is 0.507 e. The van der Waals surface area contributed by atoms with Crippen molar-refractivity contribution in [2.45, 2.75) is 0 Å². The van der Waals surface area contributed by atoms with Gasteiger partial charge in [0.1, 0.15) is 5.75 Å². The predicted octanol–water partition coefficient (Wildman–Crippen LogP) is 1.05. The van der Waals surface area contributed by atoms with E-state index in [1.807, 2.05) is 5.38 Å². The lowest BCUT2D eigenvalue weighted by atomic mass is 9.78. The van der Waals surface area contributed by atoms with Gasteiger partial charge in [-0.3, -0.25) is 0 Å². The molecule has 0 aliphatic carbocycles. The summed E-state index contributed by atoms with van der Waals surface area (Å²) in [7, 11) is -1.56. The Balaban J connectivity index is 2.84. The fourth-order valence-corrected chi connectivity index (χ4v) is 2.79. The van der Waals surface area contributed by atoms with Crippen LogP contribution in [0.15, 0.2) is 22.0 Å². The molecule has 0 aliphatic rings. The van der Waals surface area contributed by atoms with Crippen molar-refractivity contribution in [1.82, 2.24) is 0 Å². The van der Waals surface area contributed by atoms with Crippen LogP contribution < -0.4 is 5.46 Å². The number of phenolic OH excluding ortho intramolecular Hbond substituents is 1. The minimum atomic E-state index is -1.56. The van der Waals surface area contributed by atoms with Crippen LogP contribution in [0.25, 0.3) is 10.1 Å². The second-order valence-electron chi connectivity index (χ2n) is 2.84. The molecule has 0 amide bonds. The fourth-order valence-electron chi connectivity index (χ4n) is 1.32. The molecule has 2 aromatic rings. The summed E-state index contributed by atoms with van der Waals surface area (Å²) in [5.74, 6) is 0.0167. The normalized spacial score (nSPS) is 10.8. The lowest BCUT2D eigenvalue weighted by molar-refractivity contribution is 0.425. The predicted molar refractivity (Wildman–Crippen MR) is 61.0 cm³/mol. The number of thiophene rings is 1. The molecule has 6 heteroatoms. The lowest BCUT2D eigenvalue weighted by Gasteiger charge is -2.05. The van der Waals surface area contributed by atoms with Gasteiger partial charge in [-0.15, -0.1) is 11.3 Å². The standard InChI is InChI=1S/C8H6BBrO3S/c10-7-6(11)3-5(9(12)13)4-1-2-14-8(4)7/h1-3,11-13H. The van der Waals surface area contributed by atoms with Crippen molar-refractivity contribution in [3.8, 4) is 5.75 Å². The van der Waals surface area contributed by atoms with Gasteiger partial charge >= 0.3 is 7.12 Å². The van der Waals surface area contributed by atoms with Crippen LogP contribution in [-0.4, -0.2) is 22.3 Å². The van der Waals surface area contributed by atoms with Gasteiger partial charge in [0.05, 0.1) is 9.17 Å². The first kappa shape index (κ1) is 9.98. The average molecular weight is 273 g/mol. The van der Waals surface area contributed by atoms with Gasteiger partial charge in [0.2, 0.25) is 0 Å². The zero-order valence-corrected chi connectivity index (χ0v) is 9.34. The summed E-state index contributed by atoms with van der Waals surface area (Å²) in [6.45, 7) is 0. The Bertz CT molecular complexity index is 483. The molecule has 72 valence electrons. The molecule has 0 saturated heterocycles. The summed E-state index contributed by atoms with van der Waals surface area (Å²) in [5.41, 5.74) is 0.321. The molecule has 0 fully saturated rings. The van der Waals surface area contributed by atoms with Gasteiger partial charge < -0.3 is 15.2 Å². The van der Waals surface area contributed by atoms with Gasteiger partial charge in [0.15, 0.2) is 0 Å². The molecule has 0 radical (unpaired) electrons. The van der Waals surface area contributed by atoms with Gasteiger partial charge in [-0.05, 0) is 44.3 Å². The quantitative estimate of drug-likeness (QED) is 0.680. The highest BCUT2D eigenvalue weighted by Crippen LogP contribution is 2.34. The zero-order valence-electron chi connectivity index (χ0n) is 6.94. The van der Waals surface area contributed by atoms with Crippen molar-refractivity contribution < 1.29 is 15.2 Å². The van der Waals surface area contributed by atoms with E-state index in [9.17, 15) is 5.11 Å². The third-order valence-electron chi connectivity index (χ3n) is 1.97. The van der Waals surface area contributed by atoms with Crippen LogP contribution in [0.3, 0.4) is 0 Å². The second kappa shape index (κ2) is 3.54. The molecule has 0 saturated carbocycles. The number of fused-ring (bicyclic) bond motifs is 1. The van der Waals surface area contributed by atoms with Crippen molar-refractivity contribution >= 4 is 49.9 Å². The van der Waals surface area contributed by atoms with Crippen LogP contribution in [-0.2, 0) is 0 Å². The van der Waals surface area contributed by atoms with E-state index in [0.29, 0.717) is 9.94 Å². The fraction of sp³-hybridized carbons (Fsp3) is 0. The average Bonchev–Trinajstić information content (AvgIpc) is 2.59. The third kappa shape index (κ3) is 1.44. The Hall–Kier alpha value is -0.555. The van der Waals surface area contributed by atoms with E-state index in [4.69, 9.17) is 10.0 Å². The number of phenols is 1. The Kier molecular flexibility index (Phi) is 2.53. The summed E-state index contributed by atoms with van der Waals surface area (Å²) < 4.78 is 1.40. The molecule has 14 heavy (non-hydrogen) atoms. The first-order chi connectivity index (χ1) is 6.61. The molecule has 1 heterocycles. The van der Waals surface area contributed by atoms with Crippen molar-refractivity contribution in [1.29, 1.82) is 0 Å². The molecule has 3 nitrogen and oxygen atoms in total. The van der Waals surface area contributed by atoms with E-state index in [0.717, 1.165) is 10.1 Å². The summed E-state index contributed by atoms with van der Waals surface area (Å²) in [6.07, 6.45) is 0. The Morgan fingerprint density at radius 2 is 2.07 bits per heavy atom. The van der Waals surface area contributed by atoms with Gasteiger partial charge in [-0.1, -0.05) is 0 Å². The highest BCUT2D eigenvalue weighted by molar-refractivity contribution is 9.10. The summed E-state index contributed by atoms with van der Waals surface area (Å²) in [4.78, 5) is 0. The molecule has 3 N–H and O–H groups in total. The number of rotatable bonds is 1. The first-order valence-electron chi connectivity index (χ1n) is 3.86. The van der Waals surface area contributed by atoms with Gasteiger partial charge in [-0.25, -0.2) is 0 Å². The number of hydrogen-bond acceptors (Lipinski definition) is 4. The number of halogens is 1. The highest BCUT2D eigenvalue weighted by Gasteiger charge is 2.19. The second-order valence-corrected chi connectivity index (χ2v) is 4.55. The van der Waals surface area contributed by atoms with Crippen molar-refractivity contribution in [3.05, 3.63) is 22.0 Å². The third-order valence-corrected chi connectivity index (χ3v) is 3.97. The lowest BCUT2D eigenvalue weighted by Crippen LogP contribution is -2.30. The topological polar surface area (TPSA) is 60.7 Å². The van der Waals surface area contributed by atoms with Gasteiger partial charge in [0, 0.05) is 0 Å². The van der Waals surface area contributed by atoms with E-state index in [1.165, 1.54) is 17.4 Å². The van der Waals surface area contributed by atoms with Crippen molar-refractivity contribution in [3.63, 3.8) is 0 Å². The maximum atomic E-state index is 9.50. The molecule has 1 aromatic heterocycles. The summed E-state index contributed by atoms with van der Waals surface area (Å²) in [6, 6.07) is 3.14. The molecule has 0 atom stereocenters. The van der Waals surface area contributed by atoms with E-state index in [1.54, 1.807) is 6.07 Å². The Morgan fingerprint density at radius 1 is 1.36 bits per heavy atom. The smallest absolute Gasteiger partial charge is 0.489 e. The van der Waals surface area contributed by atoms with Crippen LogP contribution in [0, 0.1) is 0 Å². The van der Waals surface area contributed by atoms with Crippen LogP contribution in [0.5, 0.6) is 5.75 Å². The van der Waals surface area contributed by atoms with Crippen LogP contribution in [0.1, 0.15) is 0 Å². The van der Waals surface area contributed by atoms with E-state index >= 15 is 0 Å². The monoisotopic (exact) mass is 272 g/mol. The Morgan fingerprint density at radius 3 is 2.71 bits per heavy atom. The summed E-state index contributed by atoms with van der Waals surface area (Å²) in [5, 5.41) is 30.3. The van der Waals surface area contributed by atoms with Crippen LogP contribution >= 0.6 is 27.3 Å². The SMILES string of the molecule is OB(O)c1cc(O)c(Br)c2sccc12. The maximum Gasteiger partial charge on any atom is 0.489 e. The molecule has 0 aliphatic heterocycles.